The van der Waals surface area contributed by atoms with Gasteiger partial charge in [-0.05, 0) is 0 Å². The van der Waals surface area contributed by atoms with Crippen molar-refractivity contribution >= 4 is 23.0 Å². The van der Waals surface area contributed by atoms with Gasteiger partial charge in [0.15, 0.2) is 0 Å². The van der Waals surface area contributed by atoms with Crippen LogP contribution in [0.1, 0.15) is 13.3 Å². The maximum absolute atomic E-state index is 13.3. The highest BCUT2D eigenvalue weighted by molar-refractivity contribution is 5.78. The second-order valence-electron chi connectivity index (χ2n) is 3.36. The summed E-state index contributed by atoms with van der Waals surface area (Å²) in [4.78, 5) is 30.2. The summed E-state index contributed by atoms with van der Waals surface area (Å²) < 4.78 is 13.3. The lowest BCUT2D eigenvalue weighted by atomic mass is 10.2. The molecule has 1 amide bonds. The molecule has 0 heterocycles. The molecule has 0 radical (unpaired) electrons. The number of benzene rings is 1. The number of carbonyl (C=O) groups excluding carboxylic acids is 1. The van der Waals surface area contributed by atoms with E-state index in [0.717, 1.165) is 0 Å². The normalized spacial score (nSPS) is 9.79. The molecule has 9 nitrogen and oxygen atoms in total. The minimum atomic E-state index is -1.25. The van der Waals surface area contributed by atoms with E-state index in [4.69, 9.17) is 0 Å². The molecule has 0 saturated carbocycles. The van der Waals surface area contributed by atoms with Crippen LogP contribution in [0.25, 0.3) is 0 Å². The Labute approximate surface area is 105 Å². The van der Waals surface area contributed by atoms with Crippen molar-refractivity contribution in [2.24, 2.45) is 0 Å². The van der Waals surface area contributed by atoms with Gasteiger partial charge in [-0.15, -0.1) is 0 Å². The highest BCUT2D eigenvalue weighted by Gasteiger charge is 2.24. The van der Waals surface area contributed by atoms with Crippen molar-refractivity contribution in [2.45, 2.75) is 13.3 Å². The highest BCUT2D eigenvalue weighted by atomic mass is 19.1. The van der Waals surface area contributed by atoms with Crippen molar-refractivity contribution in [3.63, 3.8) is 0 Å². The Morgan fingerprint density at radius 3 is 2.32 bits per heavy atom. The first-order chi connectivity index (χ1) is 8.86. The van der Waals surface area contributed by atoms with Gasteiger partial charge in [-0.25, -0.2) is 0 Å². The average molecular weight is 272 g/mol. The Kier molecular flexibility index (Phi) is 4.29. The minimum Gasteiger partial charge on any atom is -0.292 e. The van der Waals surface area contributed by atoms with Gasteiger partial charge in [0.2, 0.25) is 11.7 Å². The first-order valence-electron chi connectivity index (χ1n) is 5.04. The molecule has 0 aliphatic carbocycles. The van der Waals surface area contributed by atoms with Gasteiger partial charge in [0, 0.05) is 12.5 Å². The first kappa shape index (κ1) is 14.3. The number of nitrogens with one attached hydrogen (secondary N) is 2. The van der Waals surface area contributed by atoms with Crippen LogP contribution in [-0.4, -0.2) is 15.8 Å². The quantitative estimate of drug-likeness (QED) is 0.617. The molecular formula is C9H9FN4O5. The summed E-state index contributed by atoms with van der Waals surface area (Å²) in [5.41, 5.74) is 2.13. The Hall–Kier alpha value is -2.78. The van der Waals surface area contributed by atoms with E-state index < -0.39 is 32.9 Å². The SMILES string of the molecule is CCC(=O)NNc1cc(F)c([N+](=O)[O-])cc1[N+](=O)[O-]. The van der Waals surface area contributed by atoms with Crippen molar-refractivity contribution in [1.29, 1.82) is 0 Å². The molecular weight excluding hydrogens is 263 g/mol. The molecule has 0 aliphatic heterocycles. The molecule has 1 aromatic carbocycles. The van der Waals surface area contributed by atoms with E-state index >= 15 is 0 Å². The second kappa shape index (κ2) is 5.71. The van der Waals surface area contributed by atoms with Crippen LogP contribution in [0.15, 0.2) is 12.1 Å². The summed E-state index contributed by atoms with van der Waals surface area (Å²) in [6, 6.07) is 1.06. The van der Waals surface area contributed by atoms with Gasteiger partial charge < -0.3 is 0 Å². The van der Waals surface area contributed by atoms with E-state index in [2.05, 4.69) is 10.9 Å². The lowest BCUT2D eigenvalue weighted by molar-refractivity contribution is -0.395. The van der Waals surface area contributed by atoms with Crippen LogP contribution < -0.4 is 10.9 Å². The largest absolute Gasteiger partial charge is 0.311 e. The van der Waals surface area contributed by atoms with Gasteiger partial charge in [-0.3, -0.25) is 35.9 Å². The smallest absolute Gasteiger partial charge is 0.292 e. The zero-order chi connectivity index (χ0) is 14.6. The fourth-order valence-corrected chi connectivity index (χ4v) is 1.17. The topological polar surface area (TPSA) is 127 Å². The molecule has 0 atom stereocenters. The van der Waals surface area contributed by atoms with Crippen molar-refractivity contribution in [1.82, 2.24) is 5.43 Å². The van der Waals surface area contributed by atoms with E-state index in [1.807, 2.05) is 0 Å². The van der Waals surface area contributed by atoms with Gasteiger partial charge in [0.25, 0.3) is 0 Å². The van der Waals surface area contributed by atoms with E-state index in [1.54, 1.807) is 6.92 Å². The van der Waals surface area contributed by atoms with Crippen molar-refractivity contribution < 1.29 is 19.0 Å². The van der Waals surface area contributed by atoms with Crippen LogP contribution in [0.4, 0.5) is 21.5 Å². The van der Waals surface area contributed by atoms with Crippen LogP contribution in [0, 0.1) is 26.0 Å². The van der Waals surface area contributed by atoms with Gasteiger partial charge in [-0.1, -0.05) is 6.92 Å². The molecule has 19 heavy (non-hydrogen) atoms. The summed E-state index contributed by atoms with van der Waals surface area (Å²) >= 11 is 0. The number of nitrogens with zero attached hydrogens (tertiary/aromatic N) is 2. The lowest BCUT2D eigenvalue weighted by Crippen LogP contribution is -2.28. The van der Waals surface area contributed by atoms with Crippen LogP contribution in [0.3, 0.4) is 0 Å². The average Bonchev–Trinajstić information content (AvgIpc) is 2.34. The molecule has 0 aromatic heterocycles. The maximum Gasteiger partial charge on any atom is 0.311 e. The maximum atomic E-state index is 13.3. The Morgan fingerprint density at radius 1 is 1.26 bits per heavy atom. The monoisotopic (exact) mass is 272 g/mol. The number of anilines is 1. The predicted molar refractivity (Wildman–Crippen MR) is 61.8 cm³/mol. The van der Waals surface area contributed by atoms with Crippen LogP contribution in [0.5, 0.6) is 0 Å². The molecule has 1 rings (SSSR count). The van der Waals surface area contributed by atoms with Crippen LogP contribution in [0.2, 0.25) is 0 Å². The molecule has 0 bridgehead atoms. The Morgan fingerprint density at radius 2 is 1.84 bits per heavy atom. The van der Waals surface area contributed by atoms with Gasteiger partial charge >= 0.3 is 11.4 Å². The summed E-state index contributed by atoms with van der Waals surface area (Å²) in [6.07, 6.45) is 0.107. The van der Waals surface area contributed by atoms with Gasteiger partial charge in [0.05, 0.1) is 15.9 Å². The molecule has 0 saturated heterocycles. The zero-order valence-electron chi connectivity index (χ0n) is 9.68. The van der Waals surface area contributed by atoms with Crippen molar-refractivity contribution in [2.75, 3.05) is 5.43 Å². The summed E-state index contributed by atoms with van der Waals surface area (Å²) in [6.45, 7) is 1.54. The minimum absolute atomic E-state index is 0.107. The van der Waals surface area contributed by atoms with Gasteiger partial charge in [0.1, 0.15) is 5.69 Å². The number of hydrogen-bond acceptors (Lipinski definition) is 6. The number of amides is 1. The third-order valence-electron chi connectivity index (χ3n) is 2.12. The molecule has 1 aromatic rings. The van der Waals surface area contributed by atoms with Gasteiger partial charge in [-0.2, -0.15) is 4.39 Å². The summed E-state index contributed by atoms with van der Waals surface area (Å²) in [5.74, 6) is -1.73. The van der Waals surface area contributed by atoms with E-state index in [-0.39, 0.29) is 12.1 Å². The van der Waals surface area contributed by atoms with Crippen molar-refractivity contribution in [3.8, 4) is 0 Å². The molecule has 0 unspecified atom stereocenters. The third kappa shape index (κ3) is 3.34. The lowest BCUT2D eigenvalue weighted by Gasteiger charge is -2.08. The number of hydrogen-bond donors (Lipinski definition) is 2. The van der Waals surface area contributed by atoms with Crippen LogP contribution in [-0.2, 0) is 4.79 Å². The molecule has 0 aliphatic rings. The fourth-order valence-electron chi connectivity index (χ4n) is 1.17. The third-order valence-corrected chi connectivity index (χ3v) is 2.12. The Bertz CT molecular complexity index is 548. The molecule has 102 valence electrons. The number of rotatable bonds is 5. The molecule has 2 N–H and O–H groups in total. The van der Waals surface area contributed by atoms with E-state index in [9.17, 15) is 29.4 Å². The highest BCUT2D eigenvalue weighted by Crippen LogP contribution is 2.31. The molecule has 10 heteroatoms. The number of hydrazine groups is 1. The predicted octanol–water partition coefficient (Wildman–Crippen LogP) is 1.50. The Balaban J connectivity index is 3.16. The standard InChI is InChI=1S/C9H9FN4O5/c1-2-9(15)12-11-6-3-5(10)7(13(16)17)4-8(6)14(18)19/h3-4,11H,2H2,1H3,(H,12,15). The number of nitro groups is 2. The van der Waals surface area contributed by atoms with E-state index in [1.165, 1.54) is 0 Å². The fraction of sp³-hybridized carbons (Fsp3) is 0.222. The summed E-state index contributed by atoms with van der Waals surface area (Å²) in [7, 11) is 0. The number of halogens is 1. The van der Waals surface area contributed by atoms with Crippen molar-refractivity contribution in [3.05, 3.63) is 38.2 Å². The second-order valence-corrected chi connectivity index (χ2v) is 3.36. The molecule has 0 spiro atoms. The first-order valence-corrected chi connectivity index (χ1v) is 5.04. The number of carbonyl (C=O) groups is 1. The molecule has 0 fully saturated rings. The van der Waals surface area contributed by atoms with E-state index in [0.29, 0.717) is 12.1 Å². The zero-order valence-corrected chi connectivity index (χ0v) is 9.68. The van der Waals surface area contributed by atoms with Crippen LogP contribution >= 0.6 is 0 Å². The number of nitro benzene ring substituents is 2. The summed E-state index contributed by atoms with van der Waals surface area (Å²) in [5, 5.41) is 21.2.